The smallest absolute Gasteiger partial charge is 0.307 e. The van der Waals surface area contributed by atoms with E-state index < -0.39 is 6.10 Å². The van der Waals surface area contributed by atoms with Crippen LogP contribution in [-0.4, -0.2) is 18.0 Å². The second kappa shape index (κ2) is 6.99. The molecular formula is C22H26N2O3. The number of amides is 1. The van der Waals surface area contributed by atoms with E-state index in [2.05, 4.69) is 5.32 Å². The molecule has 0 spiro atoms. The van der Waals surface area contributed by atoms with Crippen LogP contribution < -0.4 is 5.32 Å². The molecule has 1 atom stereocenters. The molecule has 1 amide bonds. The summed E-state index contributed by atoms with van der Waals surface area (Å²) >= 11 is 0. The summed E-state index contributed by atoms with van der Waals surface area (Å²) < 4.78 is 5.46. The number of benzene rings is 1. The Labute approximate surface area is 160 Å². The summed E-state index contributed by atoms with van der Waals surface area (Å²) in [6.07, 6.45) is 7.11. The molecule has 1 N–H and O–H groups in total. The molecule has 5 heteroatoms. The number of nitriles is 1. The van der Waals surface area contributed by atoms with Crippen molar-refractivity contribution in [3.05, 3.63) is 29.8 Å². The monoisotopic (exact) mass is 366 g/mol. The topological polar surface area (TPSA) is 79.2 Å². The molecule has 142 valence electrons. The highest BCUT2D eigenvalue weighted by atomic mass is 16.5. The minimum Gasteiger partial charge on any atom is -0.453 e. The van der Waals surface area contributed by atoms with Crippen molar-refractivity contribution in [1.29, 1.82) is 5.26 Å². The van der Waals surface area contributed by atoms with Crippen LogP contribution in [0.2, 0.25) is 0 Å². The predicted octanol–water partition coefficient (Wildman–Crippen LogP) is 4.03. The zero-order chi connectivity index (χ0) is 19.0. The van der Waals surface area contributed by atoms with Crippen LogP contribution in [-0.2, 0) is 14.3 Å². The van der Waals surface area contributed by atoms with Crippen molar-refractivity contribution in [3.8, 4) is 6.07 Å². The van der Waals surface area contributed by atoms with Crippen LogP contribution in [0.15, 0.2) is 24.3 Å². The van der Waals surface area contributed by atoms with Crippen LogP contribution in [0.4, 0.5) is 5.69 Å². The lowest BCUT2D eigenvalue weighted by Crippen LogP contribution is -2.47. The fraction of sp³-hybridized carbons (Fsp3) is 0.591. The fourth-order valence-electron chi connectivity index (χ4n) is 5.98. The molecule has 1 aromatic rings. The minimum absolute atomic E-state index is 0.120. The average Bonchev–Trinajstić information content (AvgIpc) is 2.60. The van der Waals surface area contributed by atoms with Gasteiger partial charge in [0.25, 0.3) is 5.91 Å². The van der Waals surface area contributed by atoms with Crippen molar-refractivity contribution >= 4 is 17.6 Å². The molecule has 0 heterocycles. The lowest BCUT2D eigenvalue weighted by Gasteiger charge is -2.56. The second-order valence-corrected chi connectivity index (χ2v) is 8.90. The fourth-order valence-corrected chi connectivity index (χ4v) is 5.98. The molecule has 4 saturated carbocycles. The number of carbonyl (C=O) groups is 2. The molecule has 0 saturated heterocycles. The highest BCUT2D eigenvalue weighted by Gasteiger charge is 2.51. The summed E-state index contributed by atoms with van der Waals surface area (Å²) in [4.78, 5) is 24.9. The Morgan fingerprint density at radius 3 is 2.22 bits per heavy atom. The van der Waals surface area contributed by atoms with Crippen molar-refractivity contribution in [3.63, 3.8) is 0 Å². The predicted molar refractivity (Wildman–Crippen MR) is 101 cm³/mol. The third kappa shape index (κ3) is 3.85. The Bertz CT molecular complexity index is 742. The molecular weight excluding hydrogens is 340 g/mol. The molecule has 4 fully saturated rings. The second-order valence-electron chi connectivity index (χ2n) is 8.90. The van der Waals surface area contributed by atoms with E-state index in [1.807, 2.05) is 6.07 Å². The third-order valence-electron chi connectivity index (χ3n) is 6.64. The highest BCUT2D eigenvalue weighted by Crippen LogP contribution is 2.61. The van der Waals surface area contributed by atoms with Gasteiger partial charge < -0.3 is 10.1 Å². The van der Waals surface area contributed by atoms with Gasteiger partial charge in [-0.15, -0.1) is 0 Å². The first kappa shape index (κ1) is 18.0. The van der Waals surface area contributed by atoms with Crippen molar-refractivity contribution < 1.29 is 14.3 Å². The van der Waals surface area contributed by atoms with Gasteiger partial charge in [0.05, 0.1) is 18.1 Å². The lowest BCUT2D eigenvalue weighted by molar-refractivity contribution is -0.160. The number of carbonyl (C=O) groups excluding carboxylic acids is 2. The third-order valence-corrected chi connectivity index (χ3v) is 6.64. The summed E-state index contributed by atoms with van der Waals surface area (Å²) in [5.41, 5.74) is 1.24. The number of hydrogen-bond acceptors (Lipinski definition) is 4. The largest absolute Gasteiger partial charge is 0.453 e. The van der Waals surface area contributed by atoms with E-state index in [1.54, 1.807) is 31.2 Å². The van der Waals surface area contributed by atoms with Gasteiger partial charge in [-0.1, -0.05) is 0 Å². The number of nitrogens with one attached hydrogen (secondary N) is 1. The van der Waals surface area contributed by atoms with Gasteiger partial charge in [-0.3, -0.25) is 9.59 Å². The Hall–Kier alpha value is -2.35. The molecule has 0 aliphatic heterocycles. The quantitative estimate of drug-likeness (QED) is 0.798. The number of nitrogens with zero attached hydrogens (tertiary/aromatic N) is 1. The maximum absolute atomic E-state index is 12.5. The van der Waals surface area contributed by atoms with Crippen molar-refractivity contribution in [1.82, 2.24) is 0 Å². The van der Waals surface area contributed by atoms with Gasteiger partial charge in [0.15, 0.2) is 6.10 Å². The van der Waals surface area contributed by atoms with Crippen LogP contribution in [0, 0.1) is 34.5 Å². The van der Waals surface area contributed by atoms with Gasteiger partial charge in [0, 0.05) is 5.69 Å². The Morgan fingerprint density at radius 2 is 1.70 bits per heavy atom. The van der Waals surface area contributed by atoms with Crippen LogP contribution in [0.1, 0.15) is 57.4 Å². The van der Waals surface area contributed by atoms with Crippen LogP contribution >= 0.6 is 0 Å². The summed E-state index contributed by atoms with van der Waals surface area (Å²) in [5.74, 6) is 1.78. The molecule has 0 unspecified atom stereocenters. The number of rotatable bonds is 5. The van der Waals surface area contributed by atoms with E-state index in [0.717, 1.165) is 37.0 Å². The van der Waals surface area contributed by atoms with E-state index in [0.29, 0.717) is 17.7 Å². The van der Waals surface area contributed by atoms with Crippen molar-refractivity contribution in [2.24, 2.45) is 23.2 Å². The number of hydrogen-bond donors (Lipinski definition) is 1. The van der Waals surface area contributed by atoms with Crippen LogP contribution in [0.5, 0.6) is 0 Å². The SMILES string of the molecule is C[C@H](OC(=O)CC12CC3CC(CC(C3)C1)C2)C(=O)Nc1ccc(C#N)cc1. The number of esters is 1. The van der Waals surface area contributed by atoms with E-state index in [4.69, 9.17) is 10.00 Å². The number of anilines is 1. The van der Waals surface area contributed by atoms with Gasteiger partial charge in [-0.05, 0) is 92.9 Å². The van der Waals surface area contributed by atoms with E-state index in [1.165, 1.54) is 19.3 Å². The lowest BCUT2D eigenvalue weighted by atomic mass is 9.49. The molecule has 5 nitrogen and oxygen atoms in total. The highest BCUT2D eigenvalue weighted by molar-refractivity contribution is 5.95. The maximum Gasteiger partial charge on any atom is 0.307 e. The Kier molecular flexibility index (Phi) is 4.67. The first-order chi connectivity index (χ1) is 12.9. The molecule has 4 aliphatic rings. The molecule has 0 aromatic heterocycles. The molecule has 4 aliphatic carbocycles. The zero-order valence-corrected chi connectivity index (χ0v) is 15.7. The molecule has 1 aromatic carbocycles. The molecule has 4 bridgehead atoms. The van der Waals surface area contributed by atoms with Gasteiger partial charge >= 0.3 is 5.97 Å². The van der Waals surface area contributed by atoms with Crippen molar-refractivity contribution in [2.45, 2.75) is 58.0 Å². The normalized spacial score (nSPS) is 31.8. The standard InChI is InChI=1S/C22H26N2O3/c1-14(21(26)24-19-4-2-15(13-23)3-5-19)27-20(25)12-22-9-16-6-17(10-22)8-18(7-16)11-22/h2-5,14,16-18H,6-12H2,1H3,(H,24,26)/t14-,16?,17?,18?,22?/m0/s1. The van der Waals surface area contributed by atoms with Crippen LogP contribution in [0.25, 0.3) is 0 Å². The van der Waals surface area contributed by atoms with E-state index in [9.17, 15) is 9.59 Å². The van der Waals surface area contributed by atoms with Gasteiger partial charge in [0.1, 0.15) is 0 Å². The first-order valence-corrected chi connectivity index (χ1v) is 9.95. The van der Waals surface area contributed by atoms with Gasteiger partial charge in [-0.25, -0.2) is 0 Å². The number of ether oxygens (including phenoxy) is 1. The Balaban J connectivity index is 1.31. The molecule has 0 radical (unpaired) electrons. The minimum atomic E-state index is -0.831. The van der Waals surface area contributed by atoms with Crippen LogP contribution in [0.3, 0.4) is 0 Å². The van der Waals surface area contributed by atoms with E-state index >= 15 is 0 Å². The molecule has 27 heavy (non-hydrogen) atoms. The van der Waals surface area contributed by atoms with Gasteiger partial charge in [0.2, 0.25) is 0 Å². The summed E-state index contributed by atoms with van der Waals surface area (Å²) in [5, 5.41) is 11.6. The summed E-state index contributed by atoms with van der Waals surface area (Å²) in [7, 11) is 0. The average molecular weight is 366 g/mol. The summed E-state index contributed by atoms with van der Waals surface area (Å²) in [6, 6.07) is 8.65. The van der Waals surface area contributed by atoms with Gasteiger partial charge in [-0.2, -0.15) is 5.26 Å². The molecule has 5 rings (SSSR count). The summed E-state index contributed by atoms with van der Waals surface area (Å²) in [6.45, 7) is 1.61. The zero-order valence-electron chi connectivity index (χ0n) is 15.7. The Morgan fingerprint density at radius 1 is 1.15 bits per heavy atom. The maximum atomic E-state index is 12.5. The first-order valence-electron chi connectivity index (χ1n) is 9.95. The van der Waals surface area contributed by atoms with E-state index in [-0.39, 0.29) is 17.3 Å². The van der Waals surface area contributed by atoms with Crippen molar-refractivity contribution in [2.75, 3.05) is 5.32 Å².